The Bertz CT molecular complexity index is 92.0. The van der Waals surface area contributed by atoms with Crippen LogP contribution in [0.25, 0.3) is 0 Å². The van der Waals surface area contributed by atoms with E-state index in [2.05, 4.69) is 0 Å². The van der Waals surface area contributed by atoms with Gasteiger partial charge in [0.05, 0.1) is 0 Å². The monoisotopic (exact) mass is 118 g/mol. The van der Waals surface area contributed by atoms with E-state index in [0.717, 1.165) is 0 Å². The van der Waals surface area contributed by atoms with Crippen LogP contribution in [0, 0.1) is 4.70 Å². The maximum Gasteiger partial charge on any atom is 1.00 e. The highest BCUT2D eigenvalue weighted by atomic mass is 32.3. The van der Waals surface area contributed by atoms with Crippen molar-refractivity contribution in [3.05, 3.63) is 0 Å². The number of rotatable bonds is 0. The molecule has 6 heavy (non-hydrogen) atoms. The van der Waals surface area contributed by atoms with E-state index < -0.39 is 10.5 Å². The van der Waals surface area contributed by atoms with Crippen LogP contribution in [0.5, 0.6) is 0 Å². The zero-order chi connectivity index (χ0) is 4.50. The van der Waals surface area contributed by atoms with E-state index in [1.807, 2.05) is 0 Å². The van der Waals surface area contributed by atoms with Gasteiger partial charge in [0, 0.05) is 0 Å². The van der Waals surface area contributed by atoms with Gasteiger partial charge in [0.25, 0.3) is 10.5 Å². The molecule has 0 saturated heterocycles. The van der Waals surface area contributed by atoms with Crippen molar-refractivity contribution in [1.82, 2.24) is 0 Å². The summed E-state index contributed by atoms with van der Waals surface area (Å²) in [6.45, 7) is 0. The molecule has 6 heteroatoms. The van der Waals surface area contributed by atoms with E-state index in [-0.39, 0.29) is 4.70 Å². The maximum atomic E-state index is 10.1. The molecule has 0 aromatic carbocycles. The molecule has 0 heterocycles. The Kier molecular flexibility index (Phi) is 3.13. The lowest BCUT2D eigenvalue weighted by molar-refractivity contribution is -0.00000704. The highest BCUT2D eigenvalue weighted by Gasteiger charge is 1.73. The van der Waals surface area contributed by atoms with Crippen LogP contribution in [0.15, 0.2) is 0 Å². The highest BCUT2D eigenvalue weighted by Crippen LogP contribution is 1.73. The van der Waals surface area contributed by atoms with Gasteiger partial charge < -0.3 is 4.55 Å². The van der Waals surface area contributed by atoms with Gasteiger partial charge in [-0.15, -0.1) is 3.89 Å². The molecule has 0 aliphatic rings. The second kappa shape index (κ2) is 2.04. The number of hydrogen-bond acceptors (Lipinski definition) is 3. The number of hydrogen-bond donors (Lipinski definition) is 0. The molecule has 0 aromatic rings. The largest absolute Gasteiger partial charge is 1.00 e. The van der Waals surface area contributed by atoms with Crippen LogP contribution >= 0.6 is 0 Å². The molecule has 0 aliphatic carbocycles. The van der Waals surface area contributed by atoms with E-state index in [9.17, 15) is 3.89 Å². The van der Waals surface area contributed by atoms with E-state index in [1.54, 1.807) is 0 Å². The van der Waals surface area contributed by atoms with Crippen LogP contribution in [0.2, 0.25) is 0 Å². The lowest BCUT2D eigenvalue weighted by Crippen LogP contribution is -1.81. The molecule has 0 amide bonds. The first-order chi connectivity index (χ1) is 2.00. The molecule has 0 spiro atoms. The van der Waals surface area contributed by atoms with Gasteiger partial charge in [0.2, 0.25) is 0 Å². The standard InChI is InChI=1S/FHO3S.F/c1-5(2,3)4;/h(H,2,3,4);/q;+1/p-1. The van der Waals surface area contributed by atoms with Crippen molar-refractivity contribution in [2.24, 2.45) is 0 Å². The second-order valence-electron chi connectivity index (χ2n) is 0.393. The van der Waals surface area contributed by atoms with Gasteiger partial charge >= 0.3 is 4.70 Å². The summed E-state index contributed by atoms with van der Waals surface area (Å²) in [5, 5.41) is 0. The average Bonchev–Trinajstić information content (AvgIpc) is 0.722. The summed E-state index contributed by atoms with van der Waals surface area (Å²) in [7, 11) is -5.42. The van der Waals surface area contributed by atoms with E-state index >= 15 is 0 Å². The van der Waals surface area contributed by atoms with Crippen molar-refractivity contribution < 1.29 is 21.6 Å². The minimum Gasteiger partial charge on any atom is -0.722 e. The zero-order valence-corrected chi connectivity index (χ0v) is 3.21. The molecule has 0 atom stereocenters. The van der Waals surface area contributed by atoms with Gasteiger partial charge in [0.15, 0.2) is 0 Å². The van der Waals surface area contributed by atoms with E-state index in [1.165, 1.54) is 0 Å². The van der Waals surface area contributed by atoms with Crippen molar-refractivity contribution in [1.29, 1.82) is 0 Å². The molecule has 0 aliphatic heterocycles. The molecule has 2 radical (unpaired) electrons. The summed E-state index contributed by atoms with van der Waals surface area (Å²) in [6.07, 6.45) is 0. The minimum absolute atomic E-state index is 0. The Morgan fingerprint density at radius 2 is 1.50 bits per heavy atom. The van der Waals surface area contributed by atoms with Crippen LogP contribution < -0.4 is 0 Å². The molecule has 0 bridgehead atoms. The van der Waals surface area contributed by atoms with Crippen molar-refractivity contribution in [3.8, 4) is 0 Å². The molecule has 0 unspecified atom stereocenters. The highest BCUT2D eigenvalue weighted by molar-refractivity contribution is 7.80. The molecule has 0 N–H and O–H groups in total. The third kappa shape index (κ3) is 547. The fraction of sp³-hybridized carbons (Fsp3) is 0. The summed E-state index contributed by atoms with van der Waals surface area (Å²) >= 11 is 0. The molecule has 3 nitrogen and oxygen atoms in total. The first-order valence-corrected chi connectivity index (χ1v) is 1.96. The Labute approximate surface area is 33.2 Å². The molecule has 38 valence electrons. The van der Waals surface area contributed by atoms with Crippen molar-refractivity contribution in [2.75, 3.05) is 0 Å². The van der Waals surface area contributed by atoms with E-state index in [4.69, 9.17) is 13.0 Å². The van der Waals surface area contributed by atoms with E-state index in [0.29, 0.717) is 0 Å². The number of halogens is 2. The lowest BCUT2D eigenvalue weighted by atomic mass is 15.9. The SMILES string of the molecule is O=S(=O)([O-])F.[F+]. The third-order valence-corrected chi connectivity index (χ3v) is 0. The quantitative estimate of drug-likeness (QED) is 0.315. The summed E-state index contributed by atoms with van der Waals surface area (Å²) < 4.78 is 35.3. The Morgan fingerprint density at radius 1 is 1.50 bits per heavy atom. The molecule has 0 saturated carbocycles. The lowest BCUT2D eigenvalue weighted by Gasteiger charge is -1.84. The van der Waals surface area contributed by atoms with Gasteiger partial charge in [-0.3, -0.25) is 0 Å². The summed E-state index contributed by atoms with van der Waals surface area (Å²) in [5.74, 6) is 0. The molecular weight excluding hydrogens is 118 g/mol. The zero-order valence-electron chi connectivity index (χ0n) is 2.39. The van der Waals surface area contributed by atoms with Gasteiger partial charge in [0.1, 0.15) is 0 Å². The first kappa shape index (κ1) is 9.24. The average molecular weight is 118 g/mol. The van der Waals surface area contributed by atoms with Gasteiger partial charge in [-0.2, -0.15) is 0 Å². The summed E-state index contributed by atoms with van der Waals surface area (Å²) in [6, 6.07) is 0. The Morgan fingerprint density at radius 3 is 1.50 bits per heavy atom. The van der Waals surface area contributed by atoms with Crippen molar-refractivity contribution >= 4 is 10.5 Å². The van der Waals surface area contributed by atoms with Gasteiger partial charge in [-0.1, -0.05) is 0 Å². The van der Waals surface area contributed by atoms with Crippen LogP contribution in [0.3, 0.4) is 0 Å². The molecule has 0 aromatic heterocycles. The van der Waals surface area contributed by atoms with Crippen LogP contribution in [-0.2, 0) is 10.5 Å². The van der Waals surface area contributed by atoms with Crippen LogP contribution in [-0.4, -0.2) is 13.0 Å². The molecule has 0 fully saturated rings. The Hall–Kier alpha value is -0.230. The molecule has 0 rings (SSSR count). The maximum absolute atomic E-state index is 10.1. The first-order valence-electron chi connectivity index (χ1n) is 0.654. The van der Waals surface area contributed by atoms with Crippen LogP contribution in [0.1, 0.15) is 0 Å². The third-order valence-electron chi connectivity index (χ3n) is 0. The summed E-state index contributed by atoms with van der Waals surface area (Å²) in [4.78, 5) is 0. The van der Waals surface area contributed by atoms with Crippen molar-refractivity contribution in [3.63, 3.8) is 0 Å². The van der Waals surface area contributed by atoms with Crippen molar-refractivity contribution in [2.45, 2.75) is 0 Å². The topological polar surface area (TPSA) is 57.2 Å². The fourth-order valence-corrected chi connectivity index (χ4v) is 0. The molecular formula is F2O3S. The minimum atomic E-state index is -5.42. The van der Waals surface area contributed by atoms with Gasteiger partial charge in [-0.25, -0.2) is 8.42 Å². The second-order valence-corrected chi connectivity index (χ2v) is 1.18. The summed E-state index contributed by atoms with van der Waals surface area (Å²) in [5.41, 5.74) is 0. The van der Waals surface area contributed by atoms with Gasteiger partial charge in [-0.05, 0) is 0 Å². The normalized spacial score (nSPS) is 9.67. The predicted molar refractivity (Wildman–Crippen MR) is 10.8 cm³/mol. The Balaban J connectivity index is 0. The predicted octanol–water partition coefficient (Wildman–Crippen LogP) is -0.584. The van der Waals surface area contributed by atoms with Crippen LogP contribution in [0.4, 0.5) is 3.89 Å². The smallest absolute Gasteiger partial charge is 0.722 e. The fourth-order valence-electron chi connectivity index (χ4n) is 0.